The second-order valence-corrected chi connectivity index (χ2v) is 5.30. The molecule has 1 N–H and O–H groups in total. The normalized spacial score (nSPS) is 10.1. The van der Waals surface area contributed by atoms with Crippen LogP contribution in [0.5, 0.6) is 0 Å². The Bertz CT molecular complexity index is 529. The van der Waals surface area contributed by atoms with Crippen LogP contribution in [-0.2, 0) is 0 Å². The minimum atomic E-state index is -0.213. The minimum absolute atomic E-state index is 0.0234. The van der Waals surface area contributed by atoms with Gasteiger partial charge in [-0.3, -0.25) is 4.79 Å². The molecular weight excluding hydrogens is 274 g/mol. The predicted octanol–water partition coefficient (Wildman–Crippen LogP) is 2.80. The van der Waals surface area contributed by atoms with Crippen LogP contribution in [0.1, 0.15) is 36.7 Å². The Morgan fingerprint density at radius 1 is 1.45 bits per heavy atom. The van der Waals surface area contributed by atoms with Crippen LogP contribution in [0.25, 0.3) is 0 Å². The molecule has 0 aromatic heterocycles. The first-order valence-corrected chi connectivity index (χ1v) is 7.06. The second-order valence-electron chi connectivity index (χ2n) is 4.89. The van der Waals surface area contributed by atoms with Gasteiger partial charge in [0, 0.05) is 24.2 Å². The van der Waals surface area contributed by atoms with Gasteiger partial charge in [0.25, 0.3) is 5.91 Å². The van der Waals surface area contributed by atoms with Crippen LogP contribution in [0, 0.1) is 17.8 Å². The molecule has 1 rings (SSSR count). The molecular formula is C16H20ClNO2. The van der Waals surface area contributed by atoms with Gasteiger partial charge in [0.2, 0.25) is 0 Å². The maximum Gasteiger partial charge on any atom is 0.253 e. The lowest BCUT2D eigenvalue weighted by Crippen LogP contribution is -2.34. The van der Waals surface area contributed by atoms with Crippen molar-refractivity contribution >= 4 is 17.5 Å². The van der Waals surface area contributed by atoms with E-state index in [1.807, 2.05) is 6.92 Å². The summed E-state index contributed by atoms with van der Waals surface area (Å²) in [5.74, 6) is 5.68. The zero-order valence-corrected chi connectivity index (χ0v) is 12.9. The smallest absolute Gasteiger partial charge is 0.253 e. The third-order valence-electron chi connectivity index (χ3n) is 2.77. The number of rotatable bonds is 4. The number of carbonyl (C=O) groups excluding carboxylic acids is 1. The lowest BCUT2D eigenvalue weighted by Gasteiger charge is -2.23. The van der Waals surface area contributed by atoms with Crippen molar-refractivity contribution in [2.75, 3.05) is 19.7 Å². The van der Waals surface area contributed by atoms with Crippen molar-refractivity contribution in [3.05, 3.63) is 34.3 Å². The molecule has 20 heavy (non-hydrogen) atoms. The van der Waals surface area contributed by atoms with Gasteiger partial charge in [-0.2, -0.15) is 0 Å². The quantitative estimate of drug-likeness (QED) is 0.867. The maximum atomic E-state index is 12.4. The van der Waals surface area contributed by atoms with E-state index in [2.05, 4.69) is 25.7 Å². The summed E-state index contributed by atoms with van der Waals surface area (Å²) in [5, 5.41) is 9.10. The predicted molar refractivity (Wildman–Crippen MR) is 81.8 cm³/mol. The average molecular weight is 294 g/mol. The molecule has 0 bridgehead atoms. The van der Waals surface area contributed by atoms with E-state index >= 15 is 0 Å². The van der Waals surface area contributed by atoms with Crippen LogP contribution in [-0.4, -0.2) is 35.6 Å². The lowest BCUT2D eigenvalue weighted by atomic mass is 10.1. The van der Waals surface area contributed by atoms with E-state index < -0.39 is 0 Å². The number of aliphatic hydroxyl groups is 1. The zero-order valence-electron chi connectivity index (χ0n) is 12.1. The van der Waals surface area contributed by atoms with E-state index in [1.54, 1.807) is 23.1 Å². The zero-order chi connectivity index (χ0) is 15.1. The van der Waals surface area contributed by atoms with Crippen molar-refractivity contribution in [2.45, 2.75) is 20.8 Å². The van der Waals surface area contributed by atoms with Gasteiger partial charge >= 0.3 is 0 Å². The Kier molecular flexibility index (Phi) is 6.57. The SMILES string of the molecule is CCN(CC(C)C)C(=O)c1ccc(C#CCO)c(Cl)c1. The Labute approximate surface area is 125 Å². The van der Waals surface area contributed by atoms with E-state index in [-0.39, 0.29) is 12.5 Å². The van der Waals surface area contributed by atoms with Gasteiger partial charge in [-0.25, -0.2) is 0 Å². The van der Waals surface area contributed by atoms with Crippen LogP contribution in [0.3, 0.4) is 0 Å². The fourth-order valence-electron chi connectivity index (χ4n) is 1.86. The Hall–Kier alpha value is -1.50. The molecule has 0 saturated carbocycles. The first-order valence-electron chi connectivity index (χ1n) is 6.68. The molecule has 0 saturated heterocycles. The van der Waals surface area contributed by atoms with E-state index in [1.165, 1.54) is 0 Å². The number of amides is 1. The van der Waals surface area contributed by atoms with Gasteiger partial charge in [-0.1, -0.05) is 37.3 Å². The molecule has 1 amide bonds. The number of carbonyl (C=O) groups is 1. The monoisotopic (exact) mass is 293 g/mol. The Balaban J connectivity index is 2.96. The van der Waals surface area contributed by atoms with E-state index in [9.17, 15) is 4.79 Å². The number of hydrogen-bond donors (Lipinski definition) is 1. The average Bonchev–Trinajstić information content (AvgIpc) is 2.42. The van der Waals surface area contributed by atoms with Crippen molar-refractivity contribution in [3.63, 3.8) is 0 Å². The van der Waals surface area contributed by atoms with E-state index in [0.29, 0.717) is 28.6 Å². The number of hydrogen-bond acceptors (Lipinski definition) is 2. The molecule has 0 heterocycles. The van der Waals surface area contributed by atoms with Gasteiger partial charge in [0.15, 0.2) is 0 Å². The van der Waals surface area contributed by atoms with Crippen LogP contribution in [0.4, 0.5) is 0 Å². The fraction of sp³-hybridized carbons (Fsp3) is 0.438. The molecule has 108 valence electrons. The first kappa shape index (κ1) is 16.6. The molecule has 1 aromatic carbocycles. The van der Waals surface area contributed by atoms with Gasteiger partial charge in [0.1, 0.15) is 6.61 Å². The minimum Gasteiger partial charge on any atom is -0.384 e. The summed E-state index contributed by atoms with van der Waals surface area (Å²) in [4.78, 5) is 14.2. The number of aliphatic hydroxyl groups excluding tert-OH is 1. The molecule has 0 fully saturated rings. The largest absolute Gasteiger partial charge is 0.384 e. The highest BCUT2D eigenvalue weighted by Crippen LogP contribution is 2.18. The summed E-state index contributed by atoms with van der Waals surface area (Å²) in [6, 6.07) is 5.06. The number of nitrogens with zero attached hydrogens (tertiary/aromatic N) is 1. The number of halogens is 1. The molecule has 1 aromatic rings. The van der Waals surface area contributed by atoms with Crippen molar-refractivity contribution in [1.29, 1.82) is 0 Å². The standard InChI is InChI=1S/C16H20ClNO2/c1-4-18(11-12(2)3)16(20)14-8-7-13(6-5-9-19)15(17)10-14/h7-8,10,12,19H,4,9,11H2,1-3H3. The van der Waals surface area contributed by atoms with Crippen LogP contribution in [0.15, 0.2) is 18.2 Å². The summed E-state index contributed by atoms with van der Waals surface area (Å²) in [5.41, 5.74) is 1.18. The summed E-state index contributed by atoms with van der Waals surface area (Å²) in [6.45, 7) is 7.30. The molecule has 0 unspecified atom stereocenters. The third-order valence-corrected chi connectivity index (χ3v) is 3.09. The van der Waals surface area contributed by atoms with E-state index in [0.717, 1.165) is 6.54 Å². The highest BCUT2D eigenvalue weighted by Gasteiger charge is 2.16. The molecule has 3 nitrogen and oxygen atoms in total. The number of benzene rings is 1. The molecule has 0 radical (unpaired) electrons. The summed E-state index contributed by atoms with van der Waals surface area (Å²) in [6.07, 6.45) is 0. The molecule has 0 spiro atoms. The van der Waals surface area contributed by atoms with Crippen molar-refractivity contribution in [3.8, 4) is 11.8 Å². The van der Waals surface area contributed by atoms with Crippen molar-refractivity contribution in [1.82, 2.24) is 4.90 Å². The van der Waals surface area contributed by atoms with Gasteiger partial charge in [-0.05, 0) is 31.0 Å². The second kappa shape index (κ2) is 7.94. The van der Waals surface area contributed by atoms with Crippen LogP contribution < -0.4 is 0 Å². The van der Waals surface area contributed by atoms with Gasteiger partial charge in [-0.15, -0.1) is 0 Å². The molecule has 0 aliphatic carbocycles. The molecule has 0 atom stereocenters. The Morgan fingerprint density at radius 2 is 2.15 bits per heavy atom. The summed E-state index contributed by atoms with van der Waals surface area (Å²) in [7, 11) is 0. The van der Waals surface area contributed by atoms with Gasteiger partial charge < -0.3 is 10.0 Å². The maximum absolute atomic E-state index is 12.4. The molecule has 0 aliphatic heterocycles. The lowest BCUT2D eigenvalue weighted by molar-refractivity contribution is 0.0746. The van der Waals surface area contributed by atoms with Gasteiger partial charge in [0.05, 0.1) is 5.02 Å². The highest BCUT2D eigenvalue weighted by atomic mass is 35.5. The van der Waals surface area contributed by atoms with E-state index in [4.69, 9.17) is 16.7 Å². The molecule has 4 heteroatoms. The fourth-order valence-corrected chi connectivity index (χ4v) is 2.09. The van der Waals surface area contributed by atoms with Crippen molar-refractivity contribution < 1.29 is 9.90 Å². The Morgan fingerprint density at radius 3 is 2.65 bits per heavy atom. The van der Waals surface area contributed by atoms with Crippen LogP contribution in [0.2, 0.25) is 5.02 Å². The summed E-state index contributed by atoms with van der Waals surface area (Å²) < 4.78 is 0. The molecule has 0 aliphatic rings. The summed E-state index contributed by atoms with van der Waals surface area (Å²) >= 11 is 6.11. The highest BCUT2D eigenvalue weighted by molar-refractivity contribution is 6.32. The third kappa shape index (κ3) is 4.56. The topological polar surface area (TPSA) is 40.5 Å². The van der Waals surface area contributed by atoms with Crippen LogP contribution >= 0.6 is 11.6 Å². The van der Waals surface area contributed by atoms with Crippen molar-refractivity contribution in [2.24, 2.45) is 5.92 Å². The first-order chi connectivity index (χ1) is 9.49.